The zero-order chi connectivity index (χ0) is 13.1. The molecule has 0 aliphatic rings. The number of rotatable bonds is 3. The van der Waals surface area contributed by atoms with Crippen molar-refractivity contribution in [3.63, 3.8) is 0 Å². The SMILES string of the molecule is CNC(=O)C(C)Nc1ccnc2c(N)cccc12. The molecule has 1 heterocycles. The summed E-state index contributed by atoms with van der Waals surface area (Å²) >= 11 is 0. The van der Waals surface area contributed by atoms with E-state index >= 15 is 0 Å². The molecule has 0 fully saturated rings. The molecule has 4 N–H and O–H groups in total. The predicted molar refractivity (Wildman–Crippen MR) is 73.3 cm³/mol. The summed E-state index contributed by atoms with van der Waals surface area (Å²) in [7, 11) is 1.61. The Morgan fingerprint density at radius 2 is 2.17 bits per heavy atom. The van der Waals surface area contributed by atoms with Crippen LogP contribution in [0.2, 0.25) is 0 Å². The van der Waals surface area contributed by atoms with E-state index in [-0.39, 0.29) is 11.9 Å². The van der Waals surface area contributed by atoms with Crippen LogP contribution < -0.4 is 16.4 Å². The van der Waals surface area contributed by atoms with Gasteiger partial charge in [0, 0.05) is 24.3 Å². The monoisotopic (exact) mass is 244 g/mol. The Kier molecular flexibility index (Phi) is 3.32. The molecule has 0 aliphatic carbocycles. The summed E-state index contributed by atoms with van der Waals surface area (Å²) in [5.41, 5.74) is 8.09. The average molecular weight is 244 g/mol. The number of carbonyl (C=O) groups excluding carboxylic acids is 1. The highest BCUT2D eigenvalue weighted by molar-refractivity contribution is 5.98. The van der Waals surface area contributed by atoms with Gasteiger partial charge in [-0.15, -0.1) is 0 Å². The highest BCUT2D eigenvalue weighted by Crippen LogP contribution is 2.25. The molecule has 0 saturated heterocycles. The third-order valence-electron chi connectivity index (χ3n) is 2.81. The van der Waals surface area contributed by atoms with E-state index in [1.165, 1.54) is 0 Å². The van der Waals surface area contributed by atoms with Gasteiger partial charge < -0.3 is 16.4 Å². The van der Waals surface area contributed by atoms with Crippen molar-refractivity contribution in [3.05, 3.63) is 30.5 Å². The highest BCUT2D eigenvalue weighted by atomic mass is 16.2. The zero-order valence-electron chi connectivity index (χ0n) is 10.4. The first-order chi connectivity index (χ1) is 8.63. The number of benzene rings is 1. The number of nitrogen functional groups attached to an aromatic ring is 1. The minimum Gasteiger partial charge on any atom is -0.397 e. The van der Waals surface area contributed by atoms with Crippen LogP contribution in [0.5, 0.6) is 0 Å². The lowest BCUT2D eigenvalue weighted by molar-refractivity contribution is -0.121. The molecule has 94 valence electrons. The van der Waals surface area contributed by atoms with Gasteiger partial charge in [-0.05, 0) is 19.1 Å². The molecular formula is C13H16N4O. The number of pyridine rings is 1. The molecule has 0 spiro atoms. The molecule has 5 heteroatoms. The molecule has 1 aromatic carbocycles. The smallest absolute Gasteiger partial charge is 0.241 e. The van der Waals surface area contributed by atoms with E-state index in [4.69, 9.17) is 5.73 Å². The largest absolute Gasteiger partial charge is 0.397 e. The topological polar surface area (TPSA) is 80.0 Å². The van der Waals surface area contributed by atoms with Gasteiger partial charge in [0.05, 0.1) is 11.2 Å². The van der Waals surface area contributed by atoms with Crippen molar-refractivity contribution in [1.82, 2.24) is 10.3 Å². The molecule has 2 aromatic rings. The molecular weight excluding hydrogens is 228 g/mol. The number of hydrogen-bond acceptors (Lipinski definition) is 4. The molecule has 0 aliphatic heterocycles. The summed E-state index contributed by atoms with van der Waals surface area (Å²) in [5.74, 6) is -0.0659. The van der Waals surface area contributed by atoms with Crippen LogP contribution in [0.1, 0.15) is 6.92 Å². The first kappa shape index (κ1) is 12.2. The van der Waals surface area contributed by atoms with Crippen LogP contribution in [0.3, 0.4) is 0 Å². The van der Waals surface area contributed by atoms with Crippen molar-refractivity contribution >= 4 is 28.2 Å². The number of fused-ring (bicyclic) bond motifs is 1. The molecule has 1 atom stereocenters. The Hall–Kier alpha value is -2.30. The summed E-state index contributed by atoms with van der Waals surface area (Å²) < 4.78 is 0. The third-order valence-corrected chi connectivity index (χ3v) is 2.81. The lowest BCUT2D eigenvalue weighted by Gasteiger charge is -2.15. The second-order valence-corrected chi connectivity index (χ2v) is 4.08. The molecule has 5 nitrogen and oxygen atoms in total. The molecule has 1 unspecified atom stereocenters. The van der Waals surface area contributed by atoms with Crippen molar-refractivity contribution in [3.8, 4) is 0 Å². The van der Waals surface area contributed by atoms with Crippen LogP contribution in [-0.4, -0.2) is 24.0 Å². The van der Waals surface area contributed by atoms with E-state index in [0.717, 1.165) is 16.6 Å². The van der Waals surface area contributed by atoms with Gasteiger partial charge in [-0.1, -0.05) is 12.1 Å². The van der Waals surface area contributed by atoms with Crippen molar-refractivity contribution < 1.29 is 4.79 Å². The number of anilines is 2. The van der Waals surface area contributed by atoms with Crippen LogP contribution in [0.4, 0.5) is 11.4 Å². The Bertz CT molecular complexity index is 582. The van der Waals surface area contributed by atoms with Gasteiger partial charge in [0.15, 0.2) is 0 Å². The molecule has 0 radical (unpaired) electrons. The Labute approximate surface area is 105 Å². The number of nitrogens with two attached hydrogens (primary N) is 1. The van der Waals surface area contributed by atoms with Crippen molar-refractivity contribution in [2.75, 3.05) is 18.1 Å². The van der Waals surface area contributed by atoms with Crippen molar-refractivity contribution in [2.45, 2.75) is 13.0 Å². The third kappa shape index (κ3) is 2.20. The summed E-state index contributed by atoms with van der Waals surface area (Å²) in [4.78, 5) is 15.8. The van der Waals surface area contributed by atoms with Gasteiger partial charge >= 0.3 is 0 Å². The quantitative estimate of drug-likeness (QED) is 0.712. The van der Waals surface area contributed by atoms with Crippen LogP contribution in [-0.2, 0) is 4.79 Å². The lowest BCUT2D eigenvalue weighted by Crippen LogP contribution is -2.35. The first-order valence-electron chi connectivity index (χ1n) is 5.75. The predicted octanol–water partition coefficient (Wildman–Crippen LogP) is 1.36. The fourth-order valence-electron chi connectivity index (χ4n) is 1.84. The van der Waals surface area contributed by atoms with Crippen LogP contribution in [0.25, 0.3) is 10.9 Å². The Morgan fingerprint density at radius 3 is 2.89 bits per heavy atom. The van der Waals surface area contributed by atoms with E-state index in [0.29, 0.717) is 5.69 Å². The normalized spacial score (nSPS) is 12.1. The van der Waals surface area contributed by atoms with Gasteiger partial charge in [-0.25, -0.2) is 0 Å². The summed E-state index contributed by atoms with van der Waals surface area (Å²) in [6.45, 7) is 1.80. The van der Waals surface area contributed by atoms with Gasteiger partial charge in [0.25, 0.3) is 0 Å². The van der Waals surface area contributed by atoms with Crippen LogP contribution in [0, 0.1) is 0 Å². The van der Waals surface area contributed by atoms with E-state index in [9.17, 15) is 4.79 Å². The van der Waals surface area contributed by atoms with E-state index in [2.05, 4.69) is 15.6 Å². The number of likely N-dealkylation sites (N-methyl/N-ethyl adjacent to an activating group) is 1. The van der Waals surface area contributed by atoms with E-state index < -0.39 is 0 Å². The minimum atomic E-state index is -0.318. The Morgan fingerprint density at radius 1 is 1.39 bits per heavy atom. The number of nitrogens with one attached hydrogen (secondary N) is 2. The van der Waals surface area contributed by atoms with Crippen molar-refractivity contribution in [2.24, 2.45) is 0 Å². The summed E-state index contributed by atoms with van der Waals surface area (Å²) in [6.07, 6.45) is 1.68. The van der Waals surface area contributed by atoms with Crippen molar-refractivity contribution in [1.29, 1.82) is 0 Å². The van der Waals surface area contributed by atoms with Crippen LogP contribution >= 0.6 is 0 Å². The van der Waals surface area contributed by atoms with Gasteiger partial charge in [-0.2, -0.15) is 0 Å². The fourth-order valence-corrected chi connectivity index (χ4v) is 1.84. The van der Waals surface area contributed by atoms with E-state index in [1.54, 1.807) is 26.2 Å². The maximum atomic E-state index is 11.5. The Balaban J connectivity index is 2.40. The first-order valence-corrected chi connectivity index (χ1v) is 5.75. The van der Waals surface area contributed by atoms with Gasteiger partial charge in [-0.3, -0.25) is 9.78 Å². The van der Waals surface area contributed by atoms with Gasteiger partial charge in [0.1, 0.15) is 6.04 Å². The molecule has 1 aromatic heterocycles. The minimum absolute atomic E-state index is 0.0659. The zero-order valence-corrected chi connectivity index (χ0v) is 10.4. The summed E-state index contributed by atoms with van der Waals surface area (Å²) in [5, 5.41) is 6.67. The average Bonchev–Trinajstić information content (AvgIpc) is 2.39. The number of amides is 1. The standard InChI is InChI=1S/C13H16N4O/c1-8(13(18)15-2)17-11-6-7-16-12-9(11)4-3-5-10(12)14/h3-8H,14H2,1-2H3,(H,15,18)(H,16,17). The van der Waals surface area contributed by atoms with Gasteiger partial charge in [0.2, 0.25) is 5.91 Å². The number of hydrogen-bond donors (Lipinski definition) is 3. The molecule has 1 amide bonds. The molecule has 0 saturated carbocycles. The fraction of sp³-hybridized carbons (Fsp3) is 0.231. The van der Waals surface area contributed by atoms with E-state index in [1.807, 2.05) is 18.2 Å². The lowest BCUT2D eigenvalue weighted by atomic mass is 10.1. The maximum absolute atomic E-state index is 11.5. The molecule has 18 heavy (non-hydrogen) atoms. The number of aromatic nitrogens is 1. The second-order valence-electron chi connectivity index (χ2n) is 4.08. The molecule has 0 bridgehead atoms. The van der Waals surface area contributed by atoms with Crippen LogP contribution in [0.15, 0.2) is 30.5 Å². The second kappa shape index (κ2) is 4.91. The highest BCUT2D eigenvalue weighted by Gasteiger charge is 2.12. The number of nitrogens with zero attached hydrogens (tertiary/aromatic N) is 1. The number of carbonyl (C=O) groups is 1. The maximum Gasteiger partial charge on any atom is 0.241 e. The molecule has 2 rings (SSSR count). The number of para-hydroxylation sites is 1. The summed E-state index contributed by atoms with van der Waals surface area (Å²) in [6, 6.07) is 7.12.